The lowest BCUT2D eigenvalue weighted by atomic mass is 9.94. The van der Waals surface area contributed by atoms with Crippen molar-refractivity contribution in [2.24, 2.45) is 0 Å². The fraction of sp³-hybridized carbons (Fsp3) is 0.455. The summed E-state index contributed by atoms with van der Waals surface area (Å²) in [7, 11) is 0. The Hall–Kier alpha value is -3.56. The van der Waals surface area contributed by atoms with Crippen molar-refractivity contribution in [1.82, 2.24) is 15.1 Å². The molecule has 3 aliphatic heterocycles. The van der Waals surface area contributed by atoms with Gasteiger partial charge >= 0.3 is 6.09 Å². The third kappa shape index (κ3) is 3.65. The molecule has 1 aromatic rings. The molecule has 0 saturated carbocycles. The largest absolute Gasteiger partial charge is 0.443 e. The van der Waals surface area contributed by atoms with Crippen LogP contribution in [0.1, 0.15) is 72.2 Å². The Kier molecular flexibility index (Phi) is 5.10. The lowest BCUT2D eigenvalue weighted by Crippen LogP contribution is -2.54. The molecule has 2 fully saturated rings. The Morgan fingerprint density at radius 2 is 1.72 bits per heavy atom. The molecule has 1 N–H and O–H groups in total. The van der Waals surface area contributed by atoms with Crippen LogP contribution >= 0.6 is 0 Å². The van der Waals surface area contributed by atoms with Crippen molar-refractivity contribution < 1.29 is 33.5 Å². The first-order chi connectivity index (χ1) is 15.0. The minimum Gasteiger partial charge on any atom is -0.443 e. The van der Waals surface area contributed by atoms with Crippen LogP contribution in [0.25, 0.3) is 0 Å². The van der Waals surface area contributed by atoms with Crippen LogP contribution in [-0.2, 0) is 19.1 Å². The zero-order chi connectivity index (χ0) is 23.4. The van der Waals surface area contributed by atoms with E-state index in [9.17, 15) is 28.8 Å². The van der Waals surface area contributed by atoms with Crippen molar-refractivity contribution in [3.05, 3.63) is 34.9 Å². The van der Waals surface area contributed by atoms with E-state index >= 15 is 0 Å². The van der Waals surface area contributed by atoms with Gasteiger partial charge in [0.1, 0.15) is 11.6 Å². The number of benzene rings is 1. The van der Waals surface area contributed by atoms with Gasteiger partial charge in [0.25, 0.3) is 11.8 Å². The number of piperidine rings is 1. The SMILES string of the molecule is CC(C)(C)OC(=O)N1CC[C@H](c2ccc3c(c2)C(=O)N(C2CCC(=O)NC2=O)C3=O)C1=O. The minimum absolute atomic E-state index is 0.0339. The molecule has 2 saturated heterocycles. The number of likely N-dealkylation sites (tertiary alicyclic amines) is 1. The number of amides is 6. The van der Waals surface area contributed by atoms with Crippen molar-refractivity contribution in [1.29, 1.82) is 0 Å². The highest BCUT2D eigenvalue weighted by atomic mass is 16.6. The van der Waals surface area contributed by atoms with Gasteiger partial charge in [-0.25, -0.2) is 9.69 Å². The molecule has 2 atom stereocenters. The van der Waals surface area contributed by atoms with Crippen LogP contribution in [0, 0.1) is 0 Å². The Morgan fingerprint density at radius 3 is 2.38 bits per heavy atom. The second kappa shape index (κ2) is 7.54. The predicted molar refractivity (Wildman–Crippen MR) is 108 cm³/mol. The molecule has 1 unspecified atom stereocenters. The minimum atomic E-state index is -1.06. The third-order valence-electron chi connectivity index (χ3n) is 5.69. The molecule has 3 heterocycles. The van der Waals surface area contributed by atoms with Gasteiger partial charge in [-0.2, -0.15) is 0 Å². The van der Waals surface area contributed by atoms with Gasteiger partial charge in [0, 0.05) is 13.0 Å². The first-order valence-corrected chi connectivity index (χ1v) is 10.4. The van der Waals surface area contributed by atoms with Gasteiger partial charge in [0.15, 0.2) is 0 Å². The zero-order valence-corrected chi connectivity index (χ0v) is 18.0. The molecule has 0 radical (unpaired) electrons. The first kappa shape index (κ1) is 21.7. The summed E-state index contributed by atoms with van der Waals surface area (Å²) in [5.74, 6) is -3.47. The maximum Gasteiger partial charge on any atom is 0.417 e. The molecule has 0 bridgehead atoms. The topological polar surface area (TPSA) is 130 Å². The summed E-state index contributed by atoms with van der Waals surface area (Å²) in [6, 6.07) is 3.46. The summed E-state index contributed by atoms with van der Waals surface area (Å²) in [5.41, 5.74) is -0.000333. The number of carbonyl (C=O) groups excluding carboxylic acids is 6. The number of hydrogen-bond donors (Lipinski definition) is 1. The standard InChI is InChI=1S/C22H23N3O7/c1-22(2,3)32-21(31)24-9-8-12(18(24)28)11-4-5-13-14(10-11)20(30)25(19(13)29)15-6-7-16(26)23-17(15)27/h4-5,10,12,15H,6-9H2,1-3H3,(H,23,26,27)/t12-,15?/m1/s1. The second-order valence-corrected chi connectivity index (χ2v) is 9.06. The summed E-state index contributed by atoms with van der Waals surface area (Å²) >= 11 is 0. The van der Waals surface area contributed by atoms with E-state index in [4.69, 9.17) is 4.74 Å². The van der Waals surface area contributed by atoms with Crippen LogP contribution in [-0.4, -0.2) is 63.6 Å². The molecule has 0 spiro atoms. The highest BCUT2D eigenvalue weighted by Gasteiger charge is 2.45. The number of ether oxygens (including phenoxy) is 1. The summed E-state index contributed by atoms with van der Waals surface area (Å²) in [6.07, 6.45) is -0.266. The van der Waals surface area contributed by atoms with E-state index in [1.807, 2.05) is 0 Å². The molecule has 3 aliphatic rings. The number of nitrogens with zero attached hydrogens (tertiary/aromatic N) is 2. The lowest BCUT2D eigenvalue weighted by Gasteiger charge is -2.27. The Balaban J connectivity index is 1.56. The highest BCUT2D eigenvalue weighted by Crippen LogP contribution is 2.34. The average molecular weight is 441 g/mol. The maximum absolute atomic E-state index is 13.0. The van der Waals surface area contributed by atoms with Gasteiger partial charge in [-0.1, -0.05) is 6.07 Å². The van der Waals surface area contributed by atoms with Gasteiger partial charge in [0.2, 0.25) is 17.7 Å². The number of carbonyl (C=O) groups is 6. The van der Waals surface area contributed by atoms with E-state index in [1.165, 1.54) is 12.1 Å². The zero-order valence-electron chi connectivity index (χ0n) is 18.0. The average Bonchev–Trinajstić information content (AvgIpc) is 3.19. The first-order valence-electron chi connectivity index (χ1n) is 10.4. The van der Waals surface area contributed by atoms with Crippen LogP contribution < -0.4 is 5.32 Å². The fourth-order valence-electron chi connectivity index (χ4n) is 4.19. The molecule has 4 rings (SSSR count). The molecule has 32 heavy (non-hydrogen) atoms. The number of rotatable bonds is 2. The van der Waals surface area contributed by atoms with E-state index in [-0.39, 0.29) is 30.5 Å². The highest BCUT2D eigenvalue weighted by molar-refractivity contribution is 6.23. The normalized spacial score (nSPS) is 23.5. The van der Waals surface area contributed by atoms with Crippen molar-refractivity contribution in [3.63, 3.8) is 0 Å². The van der Waals surface area contributed by atoms with Gasteiger partial charge in [-0.3, -0.25) is 34.2 Å². The van der Waals surface area contributed by atoms with Gasteiger partial charge in [-0.15, -0.1) is 0 Å². The number of fused-ring (bicyclic) bond motifs is 1. The molecule has 6 amide bonds. The van der Waals surface area contributed by atoms with E-state index in [0.717, 1.165) is 9.80 Å². The molecule has 168 valence electrons. The van der Waals surface area contributed by atoms with Crippen LogP contribution in [0.4, 0.5) is 4.79 Å². The smallest absolute Gasteiger partial charge is 0.417 e. The quantitative estimate of drug-likeness (QED) is 0.686. The van der Waals surface area contributed by atoms with Crippen LogP contribution in [0.15, 0.2) is 18.2 Å². The van der Waals surface area contributed by atoms with Gasteiger partial charge in [0.05, 0.1) is 17.0 Å². The maximum atomic E-state index is 13.0. The lowest BCUT2D eigenvalue weighted by molar-refractivity contribution is -0.136. The molecular weight excluding hydrogens is 418 g/mol. The second-order valence-electron chi connectivity index (χ2n) is 9.06. The van der Waals surface area contributed by atoms with Crippen molar-refractivity contribution in [2.45, 2.75) is 57.6 Å². The summed E-state index contributed by atoms with van der Waals surface area (Å²) in [6.45, 7) is 5.31. The number of hydrogen-bond acceptors (Lipinski definition) is 7. The summed E-state index contributed by atoms with van der Waals surface area (Å²) < 4.78 is 5.28. The van der Waals surface area contributed by atoms with Crippen molar-refractivity contribution >= 4 is 35.6 Å². The molecule has 10 heteroatoms. The monoisotopic (exact) mass is 441 g/mol. The molecule has 0 aliphatic carbocycles. The third-order valence-corrected chi connectivity index (χ3v) is 5.69. The number of nitrogens with one attached hydrogen (secondary N) is 1. The summed E-state index contributed by atoms with van der Waals surface area (Å²) in [4.78, 5) is 76.5. The summed E-state index contributed by atoms with van der Waals surface area (Å²) in [5, 5.41) is 2.15. The molecular formula is C22H23N3O7. The van der Waals surface area contributed by atoms with Crippen molar-refractivity contribution in [2.75, 3.05) is 6.54 Å². The Bertz CT molecular complexity index is 1070. The fourth-order valence-corrected chi connectivity index (χ4v) is 4.19. The Labute approximate surface area is 183 Å². The molecule has 1 aromatic carbocycles. The van der Waals surface area contributed by atoms with Gasteiger partial charge in [-0.05, 0) is 51.3 Å². The van der Waals surface area contributed by atoms with E-state index < -0.39 is 53.2 Å². The van der Waals surface area contributed by atoms with Crippen LogP contribution in [0.2, 0.25) is 0 Å². The van der Waals surface area contributed by atoms with Crippen LogP contribution in [0.3, 0.4) is 0 Å². The van der Waals surface area contributed by atoms with E-state index in [1.54, 1.807) is 26.8 Å². The predicted octanol–water partition coefficient (Wildman–Crippen LogP) is 1.34. The molecule has 0 aromatic heterocycles. The van der Waals surface area contributed by atoms with Crippen molar-refractivity contribution in [3.8, 4) is 0 Å². The Morgan fingerprint density at radius 1 is 1.03 bits per heavy atom. The van der Waals surface area contributed by atoms with Crippen LogP contribution in [0.5, 0.6) is 0 Å². The molecule has 10 nitrogen and oxygen atoms in total. The van der Waals surface area contributed by atoms with Gasteiger partial charge < -0.3 is 4.74 Å². The van der Waals surface area contributed by atoms with E-state index in [2.05, 4.69) is 5.32 Å². The van der Waals surface area contributed by atoms with E-state index in [0.29, 0.717) is 12.0 Å². The number of imide groups is 3.